The van der Waals surface area contributed by atoms with Gasteiger partial charge in [0.25, 0.3) is 17.2 Å². The Hall–Kier alpha value is -0.980. The summed E-state index contributed by atoms with van der Waals surface area (Å²) < 4.78 is 20.5. The van der Waals surface area contributed by atoms with Crippen molar-refractivity contribution in [3.8, 4) is 0 Å². The minimum Gasteiger partial charge on any atom is -0.289 e. The molecule has 2 N–H and O–H groups in total. The minimum absolute atomic E-state index is 0.00736. The van der Waals surface area contributed by atoms with Gasteiger partial charge in [-0.3, -0.25) is 9.35 Å². The molecule has 76 valence electrons. The van der Waals surface area contributed by atoms with Crippen molar-refractivity contribution in [2.75, 3.05) is 0 Å². The molecule has 0 aromatic carbocycles. The predicted molar refractivity (Wildman–Crippen MR) is 52.2 cm³/mol. The molecule has 0 aliphatic heterocycles. The molecule has 0 fully saturated rings. The quantitative estimate of drug-likeness (QED) is 0.589. The number of aromatic nitrogens is 1. The van der Waals surface area contributed by atoms with Gasteiger partial charge in [-0.25, -0.2) is 13.9 Å². The van der Waals surface area contributed by atoms with Crippen molar-refractivity contribution < 1.29 is 13.6 Å². The van der Waals surface area contributed by atoms with Gasteiger partial charge >= 0.3 is 0 Å². The summed E-state index contributed by atoms with van der Waals surface area (Å²) in [5, 5.41) is 0.00736. The van der Waals surface area contributed by atoms with Crippen LogP contribution in [0.25, 0.3) is 0 Å². The molecule has 0 aliphatic carbocycles. The van der Waals surface area contributed by atoms with E-state index >= 15 is 0 Å². The predicted octanol–water partition coefficient (Wildman–Crippen LogP) is 0.910. The highest BCUT2D eigenvalue weighted by Crippen LogP contribution is 2.13. The third-order valence-corrected chi connectivity index (χ3v) is 2.06. The molecule has 0 saturated carbocycles. The summed E-state index contributed by atoms with van der Waals surface area (Å²) in [7, 11) is 0. The molecular weight excluding hydrogens is 228 g/mol. The normalized spacial score (nSPS) is 12.2. The molecule has 1 heterocycles. The Morgan fingerprint density at radius 3 is 2.79 bits per heavy atom. The van der Waals surface area contributed by atoms with Crippen LogP contribution < -0.4 is 4.72 Å². The number of amides is 1. The van der Waals surface area contributed by atoms with Crippen LogP contribution in [0.5, 0.6) is 0 Å². The van der Waals surface area contributed by atoms with Gasteiger partial charge in [-0.05, 0) is 19.1 Å². The Morgan fingerprint density at radius 2 is 2.29 bits per heavy atom. The fourth-order valence-electron chi connectivity index (χ4n) is 0.829. The van der Waals surface area contributed by atoms with Gasteiger partial charge in [0.05, 0.1) is 5.56 Å². The summed E-state index contributed by atoms with van der Waals surface area (Å²) in [5.74, 6) is -0.733. The van der Waals surface area contributed by atoms with Crippen molar-refractivity contribution in [1.82, 2.24) is 9.71 Å². The molecule has 0 radical (unpaired) electrons. The lowest BCUT2D eigenvalue weighted by Gasteiger charge is -2.02. The minimum atomic E-state index is -2.40. The fraction of sp³-hybridized carbons (Fsp3) is 0.143. The lowest BCUT2D eigenvalue weighted by Crippen LogP contribution is -2.25. The van der Waals surface area contributed by atoms with Crippen LogP contribution in [0.2, 0.25) is 5.15 Å². The Kier molecular flexibility index (Phi) is 3.56. The molecule has 0 spiro atoms. The van der Waals surface area contributed by atoms with Crippen LogP contribution in [-0.4, -0.2) is 19.7 Å². The van der Waals surface area contributed by atoms with Crippen molar-refractivity contribution >= 4 is 28.8 Å². The van der Waals surface area contributed by atoms with E-state index < -0.39 is 17.2 Å². The largest absolute Gasteiger partial charge is 0.289 e. The maximum atomic E-state index is 11.2. The number of hydrogen-bond acceptors (Lipinski definition) is 3. The third kappa shape index (κ3) is 2.76. The average molecular weight is 235 g/mol. The standard InChI is InChI=1S/C7H7ClN2O3S/c1-4-2-3-5(6(8)9-4)7(11)10-14(12)13/h2-3H,1H3,(H,10,11)(H,12,13). The second-order valence-corrected chi connectivity index (χ2v) is 3.53. The van der Waals surface area contributed by atoms with E-state index in [1.165, 1.54) is 6.07 Å². The summed E-state index contributed by atoms with van der Waals surface area (Å²) in [6.07, 6.45) is 0. The van der Waals surface area contributed by atoms with Crippen molar-refractivity contribution in [2.45, 2.75) is 6.92 Å². The molecule has 1 rings (SSSR count). The Bertz CT molecular complexity index is 397. The molecule has 1 unspecified atom stereocenters. The zero-order valence-electron chi connectivity index (χ0n) is 7.15. The molecule has 0 saturated heterocycles. The Balaban J connectivity index is 2.96. The van der Waals surface area contributed by atoms with Crippen molar-refractivity contribution in [2.24, 2.45) is 0 Å². The number of rotatable bonds is 2. The van der Waals surface area contributed by atoms with E-state index in [2.05, 4.69) is 4.98 Å². The van der Waals surface area contributed by atoms with Crippen molar-refractivity contribution in [3.63, 3.8) is 0 Å². The van der Waals surface area contributed by atoms with Gasteiger partial charge in [-0.1, -0.05) is 11.6 Å². The molecule has 0 bridgehead atoms. The molecule has 1 aromatic heterocycles. The first-order chi connectivity index (χ1) is 6.50. The van der Waals surface area contributed by atoms with Gasteiger partial charge < -0.3 is 0 Å². The molecule has 1 aromatic rings. The van der Waals surface area contributed by atoms with E-state index in [9.17, 15) is 9.00 Å². The number of hydrogen-bond donors (Lipinski definition) is 2. The number of pyridine rings is 1. The highest BCUT2D eigenvalue weighted by molar-refractivity contribution is 7.77. The SMILES string of the molecule is Cc1ccc(C(=O)NS(=O)O)c(Cl)n1. The van der Waals surface area contributed by atoms with Crippen LogP contribution in [0, 0.1) is 6.92 Å². The summed E-state index contributed by atoms with van der Waals surface area (Å²) in [6, 6.07) is 3.02. The molecule has 14 heavy (non-hydrogen) atoms. The second kappa shape index (κ2) is 4.50. The van der Waals surface area contributed by atoms with Crippen molar-refractivity contribution in [1.29, 1.82) is 0 Å². The van der Waals surface area contributed by atoms with E-state index in [1.54, 1.807) is 17.7 Å². The Morgan fingerprint density at radius 1 is 1.64 bits per heavy atom. The van der Waals surface area contributed by atoms with Crippen LogP contribution in [0.3, 0.4) is 0 Å². The van der Waals surface area contributed by atoms with Crippen LogP contribution >= 0.6 is 11.6 Å². The zero-order valence-corrected chi connectivity index (χ0v) is 8.72. The maximum absolute atomic E-state index is 11.2. The number of nitrogens with zero attached hydrogens (tertiary/aromatic N) is 1. The summed E-state index contributed by atoms with van der Waals surface area (Å²) in [5.41, 5.74) is 0.733. The van der Waals surface area contributed by atoms with E-state index in [0.717, 1.165) is 0 Å². The van der Waals surface area contributed by atoms with E-state index in [4.69, 9.17) is 16.2 Å². The first kappa shape index (κ1) is 11.1. The third-order valence-electron chi connectivity index (χ3n) is 1.41. The first-order valence-electron chi connectivity index (χ1n) is 3.55. The molecular formula is C7H7ClN2O3S. The van der Waals surface area contributed by atoms with E-state index in [0.29, 0.717) is 5.69 Å². The molecule has 1 amide bonds. The topological polar surface area (TPSA) is 79.3 Å². The van der Waals surface area contributed by atoms with Crippen LogP contribution in [-0.2, 0) is 11.3 Å². The smallest absolute Gasteiger partial charge is 0.267 e. The van der Waals surface area contributed by atoms with Gasteiger partial charge in [0, 0.05) is 5.69 Å². The van der Waals surface area contributed by atoms with E-state index in [1.807, 2.05) is 0 Å². The molecule has 7 heteroatoms. The summed E-state index contributed by atoms with van der Waals surface area (Å²) in [6.45, 7) is 1.72. The van der Waals surface area contributed by atoms with Gasteiger partial charge in [-0.15, -0.1) is 0 Å². The lowest BCUT2D eigenvalue weighted by atomic mass is 10.2. The highest BCUT2D eigenvalue weighted by atomic mass is 35.5. The number of halogens is 1. The highest BCUT2D eigenvalue weighted by Gasteiger charge is 2.12. The van der Waals surface area contributed by atoms with Gasteiger partial charge in [0.1, 0.15) is 5.15 Å². The monoisotopic (exact) mass is 234 g/mol. The maximum Gasteiger partial charge on any atom is 0.267 e. The van der Waals surface area contributed by atoms with E-state index in [-0.39, 0.29) is 10.7 Å². The fourth-order valence-corrected chi connectivity index (χ4v) is 1.38. The van der Waals surface area contributed by atoms with Crippen LogP contribution in [0.1, 0.15) is 16.1 Å². The zero-order chi connectivity index (χ0) is 10.7. The summed E-state index contributed by atoms with van der Waals surface area (Å²) >= 11 is 3.26. The lowest BCUT2D eigenvalue weighted by molar-refractivity contribution is 0.0980. The Labute approximate surface area is 87.9 Å². The van der Waals surface area contributed by atoms with Gasteiger partial charge in [0.15, 0.2) is 0 Å². The molecule has 1 atom stereocenters. The van der Waals surface area contributed by atoms with Gasteiger partial charge in [0.2, 0.25) is 0 Å². The average Bonchev–Trinajstić information content (AvgIpc) is 2.01. The molecule has 5 nitrogen and oxygen atoms in total. The second-order valence-electron chi connectivity index (χ2n) is 2.47. The van der Waals surface area contributed by atoms with Crippen molar-refractivity contribution in [3.05, 3.63) is 28.5 Å². The number of carbonyl (C=O) groups excluding carboxylic acids is 1. The molecule has 0 aliphatic rings. The van der Waals surface area contributed by atoms with Crippen LogP contribution in [0.15, 0.2) is 12.1 Å². The number of aryl methyl sites for hydroxylation is 1. The van der Waals surface area contributed by atoms with Gasteiger partial charge in [-0.2, -0.15) is 0 Å². The number of carbonyl (C=O) groups is 1. The first-order valence-corrected chi connectivity index (χ1v) is 5.04. The number of nitrogens with one attached hydrogen (secondary N) is 1. The van der Waals surface area contributed by atoms with Crippen LogP contribution in [0.4, 0.5) is 0 Å². The summed E-state index contributed by atoms with van der Waals surface area (Å²) in [4.78, 5) is 15.0.